The van der Waals surface area contributed by atoms with Gasteiger partial charge in [0.1, 0.15) is 11.3 Å². The number of carbonyl (C=O) groups excluding carboxylic acids is 2. The number of rotatable bonds is 5. The quantitative estimate of drug-likeness (QED) is 0.707. The number of aromatic nitrogens is 1. The van der Waals surface area contributed by atoms with Gasteiger partial charge < -0.3 is 20.6 Å². The maximum Gasteiger partial charge on any atom is 0.405 e. The molecule has 106 valence electrons. The first-order chi connectivity index (χ1) is 9.51. The van der Waals surface area contributed by atoms with Crippen molar-refractivity contribution < 1.29 is 19.4 Å². The van der Waals surface area contributed by atoms with Crippen molar-refractivity contribution >= 4 is 33.9 Å². The Morgan fingerprint density at radius 3 is 2.95 bits per heavy atom. The van der Waals surface area contributed by atoms with Gasteiger partial charge in [-0.05, 0) is 24.5 Å². The lowest BCUT2D eigenvalue weighted by Crippen LogP contribution is -2.24. The molecule has 0 aliphatic rings. The van der Waals surface area contributed by atoms with Gasteiger partial charge in [-0.3, -0.25) is 9.59 Å². The van der Waals surface area contributed by atoms with E-state index < -0.39 is 12.2 Å². The molecule has 1 amide bonds. The van der Waals surface area contributed by atoms with Crippen molar-refractivity contribution in [2.75, 3.05) is 0 Å². The number of phenols is 1. The van der Waals surface area contributed by atoms with Gasteiger partial charge in [0.15, 0.2) is 12.4 Å². The number of H-pyrrole nitrogens is 1. The molecule has 2 aromatic rings. The van der Waals surface area contributed by atoms with E-state index in [1.165, 1.54) is 6.07 Å². The van der Waals surface area contributed by atoms with Crippen LogP contribution in [0, 0.1) is 0 Å². The van der Waals surface area contributed by atoms with Crippen LogP contribution in [0.3, 0.4) is 0 Å². The predicted octanol–water partition coefficient (Wildman–Crippen LogP) is 0.891. The molecule has 0 saturated heterocycles. The number of primary amides is 1. The molecule has 1 atom stereocenters. The highest BCUT2D eigenvalue weighted by Gasteiger charge is 2.14. The average molecular weight is 296 g/mol. The highest BCUT2D eigenvalue weighted by Crippen LogP contribution is 2.28. The van der Waals surface area contributed by atoms with Crippen molar-refractivity contribution in [2.24, 2.45) is 5.73 Å². The third kappa shape index (κ3) is 2.97. The minimum atomic E-state index is -1.01. The number of ether oxygens (including phenoxy) is 1. The molecular formula is C12H12N2O5S. The summed E-state index contributed by atoms with van der Waals surface area (Å²) in [7, 11) is 0. The molecule has 0 spiro atoms. The number of carbonyl (C=O) groups is 2. The predicted molar refractivity (Wildman–Crippen MR) is 73.0 cm³/mol. The summed E-state index contributed by atoms with van der Waals surface area (Å²) in [5.74, 6) is -0.0116. The van der Waals surface area contributed by atoms with Crippen LogP contribution in [-0.2, 0) is 16.0 Å². The van der Waals surface area contributed by atoms with Crippen LogP contribution < -0.4 is 10.6 Å². The zero-order valence-corrected chi connectivity index (χ0v) is 11.1. The molecule has 1 aromatic carbocycles. The number of thiazole rings is 1. The first-order valence-corrected chi connectivity index (χ1v) is 6.58. The first-order valence-electron chi connectivity index (χ1n) is 5.76. The van der Waals surface area contributed by atoms with Crippen LogP contribution >= 0.6 is 11.3 Å². The van der Waals surface area contributed by atoms with Gasteiger partial charge in [-0.1, -0.05) is 17.4 Å². The summed E-state index contributed by atoms with van der Waals surface area (Å²) in [6, 6.07) is 3.12. The fourth-order valence-corrected chi connectivity index (χ4v) is 2.77. The number of aryl methyl sites for hydroxylation is 1. The number of benzene rings is 1. The molecule has 7 nitrogen and oxygen atoms in total. The van der Waals surface area contributed by atoms with E-state index >= 15 is 0 Å². The van der Waals surface area contributed by atoms with Crippen molar-refractivity contribution in [2.45, 2.75) is 18.9 Å². The average Bonchev–Trinajstić information content (AvgIpc) is 2.78. The highest BCUT2D eigenvalue weighted by atomic mass is 32.1. The van der Waals surface area contributed by atoms with Crippen LogP contribution in [0.5, 0.6) is 5.75 Å². The smallest absolute Gasteiger partial charge is 0.405 e. The number of aldehydes is 1. The molecule has 0 bridgehead atoms. The SMILES string of the molecule is NC(=O)OC(C=O)CCc1ccc(O)c2[nH]c(=O)sc12. The first kappa shape index (κ1) is 14.1. The largest absolute Gasteiger partial charge is 0.506 e. The second kappa shape index (κ2) is 5.74. The Hall–Kier alpha value is -2.35. The Labute approximate surface area is 117 Å². The van der Waals surface area contributed by atoms with E-state index in [4.69, 9.17) is 5.73 Å². The van der Waals surface area contributed by atoms with Gasteiger partial charge >= 0.3 is 11.0 Å². The Balaban J connectivity index is 2.21. The maximum atomic E-state index is 11.3. The van der Waals surface area contributed by atoms with Crippen LogP contribution in [0.25, 0.3) is 10.2 Å². The molecule has 0 radical (unpaired) electrons. The van der Waals surface area contributed by atoms with Gasteiger partial charge in [-0.25, -0.2) is 4.79 Å². The summed E-state index contributed by atoms with van der Waals surface area (Å²) < 4.78 is 5.24. The van der Waals surface area contributed by atoms with Crippen molar-refractivity contribution in [3.05, 3.63) is 27.4 Å². The number of fused-ring (bicyclic) bond motifs is 1. The molecule has 2 rings (SSSR count). The summed E-state index contributed by atoms with van der Waals surface area (Å²) in [4.78, 5) is 35.0. The normalized spacial score (nSPS) is 12.2. The molecule has 20 heavy (non-hydrogen) atoms. The maximum absolute atomic E-state index is 11.3. The van der Waals surface area contributed by atoms with Crippen LogP contribution in [-0.4, -0.2) is 28.6 Å². The molecule has 0 aliphatic heterocycles. The lowest BCUT2D eigenvalue weighted by molar-refractivity contribution is -0.115. The molecule has 1 unspecified atom stereocenters. The fraction of sp³-hybridized carbons (Fsp3) is 0.250. The number of nitrogens with one attached hydrogen (secondary N) is 1. The van der Waals surface area contributed by atoms with E-state index in [1.807, 2.05) is 0 Å². The van der Waals surface area contributed by atoms with Gasteiger partial charge in [-0.15, -0.1) is 0 Å². The van der Waals surface area contributed by atoms with Crippen LogP contribution in [0.15, 0.2) is 16.9 Å². The van der Waals surface area contributed by atoms with Gasteiger partial charge in [0.2, 0.25) is 0 Å². The van der Waals surface area contributed by atoms with Crippen LogP contribution in [0.4, 0.5) is 4.79 Å². The zero-order chi connectivity index (χ0) is 14.7. The lowest BCUT2D eigenvalue weighted by Gasteiger charge is -2.10. The van der Waals surface area contributed by atoms with Gasteiger partial charge in [0, 0.05) is 0 Å². The van der Waals surface area contributed by atoms with Crippen LogP contribution in [0.1, 0.15) is 12.0 Å². The molecular weight excluding hydrogens is 284 g/mol. The minimum Gasteiger partial charge on any atom is -0.506 e. The van der Waals surface area contributed by atoms with Gasteiger partial charge in [0.25, 0.3) is 0 Å². The highest BCUT2D eigenvalue weighted by molar-refractivity contribution is 7.16. The second-order valence-corrected chi connectivity index (χ2v) is 5.10. The third-order valence-electron chi connectivity index (χ3n) is 2.76. The van der Waals surface area contributed by atoms with E-state index in [0.29, 0.717) is 22.9 Å². The zero-order valence-electron chi connectivity index (χ0n) is 10.3. The summed E-state index contributed by atoms with van der Waals surface area (Å²) in [6.45, 7) is 0. The van der Waals surface area contributed by atoms with E-state index in [1.54, 1.807) is 6.07 Å². The Kier molecular flexibility index (Phi) is 4.04. The van der Waals surface area contributed by atoms with E-state index in [-0.39, 0.29) is 17.0 Å². The lowest BCUT2D eigenvalue weighted by atomic mass is 10.1. The number of hydrogen-bond donors (Lipinski definition) is 3. The Bertz CT molecular complexity index is 705. The fourth-order valence-electron chi connectivity index (χ4n) is 1.87. The molecule has 0 fully saturated rings. The van der Waals surface area contributed by atoms with Gasteiger partial charge in [-0.2, -0.15) is 0 Å². The van der Waals surface area contributed by atoms with Gasteiger partial charge in [0.05, 0.1) is 4.70 Å². The molecule has 0 saturated carbocycles. The summed E-state index contributed by atoms with van der Waals surface area (Å²) >= 11 is 0.974. The van der Waals surface area contributed by atoms with Crippen molar-refractivity contribution in [3.8, 4) is 5.75 Å². The van der Waals surface area contributed by atoms with Crippen molar-refractivity contribution in [1.82, 2.24) is 4.98 Å². The van der Waals surface area contributed by atoms with Crippen molar-refractivity contribution in [1.29, 1.82) is 0 Å². The van der Waals surface area contributed by atoms with Crippen molar-refractivity contribution in [3.63, 3.8) is 0 Å². The molecule has 1 heterocycles. The molecule has 1 aromatic heterocycles. The number of aromatic amines is 1. The number of nitrogens with two attached hydrogens (primary N) is 1. The number of phenolic OH excluding ortho intramolecular Hbond substituents is 1. The summed E-state index contributed by atoms with van der Waals surface area (Å²) in [5.41, 5.74) is 6.00. The Morgan fingerprint density at radius 1 is 1.55 bits per heavy atom. The topological polar surface area (TPSA) is 122 Å². The number of aromatic hydroxyl groups is 1. The second-order valence-electron chi connectivity index (χ2n) is 4.11. The van der Waals surface area contributed by atoms with Crippen LogP contribution in [0.2, 0.25) is 0 Å². The summed E-state index contributed by atoms with van der Waals surface area (Å²) in [5, 5.41) is 9.65. The summed E-state index contributed by atoms with van der Waals surface area (Å²) in [6.07, 6.45) is -0.780. The number of amides is 1. The third-order valence-corrected chi connectivity index (χ3v) is 3.71. The molecule has 0 aliphatic carbocycles. The minimum absolute atomic E-state index is 0.0116. The monoisotopic (exact) mass is 296 g/mol. The van der Waals surface area contributed by atoms with E-state index in [0.717, 1.165) is 16.9 Å². The number of hydrogen-bond acceptors (Lipinski definition) is 6. The van der Waals surface area contributed by atoms with E-state index in [9.17, 15) is 19.5 Å². The van der Waals surface area contributed by atoms with E-state index in [2.05, 4.69) is 9.72 Å². The molecule has 8 heteroatoms. The molecule has 4 N–H and O–H groups in total. The Morgan fingerprint density at radius 2 is 2.30 bits per heavy atom. The standard InChI is InChI=1S/C12H12N2O5S/c13-11(17)19-7(5-15)3-1-6-2-4-8(16)9-10(6)20-12(18)14-9/h2,4-5,7,16H,1,3H2,(H2,13,17)(H,14,18).